The van der Waals surface area contributed by atoms with Crippen LogP contribution in [0.5, 0.6) is 0 Å². The Morgan fingerprint density at radius 3 is 2.16 bits per heavy atom. The second-order valence-electron chi connectivity index (χ2n) is 12.0. The molecule has 1 amide bonds. The van der Waals surface area contributed by atoms with Gasteiger partial charge in [-0.3, -0.25) is 14.5 Å². The van der Waals surface area contributed by atoms with E-state index in [0.29, 0.717) is 28.0 Å². The Morgan fingerprint density at radius 2 is 1.51 bits per heavy atom. The number of pyridine rings is 1. The molecule has 43 heavy (non-hydrogen) atoms. The first-order valence-corrected chi connectivity index (χ1v) is 16.6. The summed E-state index contributed by atoms with van der Waals surface area (Å²) in [4.78, 5) is 22.4. The number of carbonyl (C=O) groups is 1. The van der Waals surface area contributed by atoms with E-state index in [1.54, 1.807) is 37.4 Å². The number of alkyl halides is 2. The number of nitrogens with one attached hydrogen (secondary N) is 2. The lowest BCUT2D eigenvalue weighted by atomic mass is 9.93. The maximum atomic E-state index is 14.0. The van der Waals surface area contributed by atoms with Crippen LogP contribution in [0.1, 0.15) is 55.8 Å². The largest absolute Gasteiger partial charge is 0.371 e. The fraction of sp³-hybridized carbons (Fsp3) is 0.438. The minimum absolute atomic E-state index is 0.0533. The minimum atomic E-state index is -3.49. The molecule has 1 spiro atoms. The molecule has 3 aliphatic rings. The molecule has 0 radical (unpaired) electrons. The number of benzene rings is 2. The van der Waals surface area contributed by atoms with Crippen LogP contribution in [0.15, 0.2) is 60.8 Å². The number of carbonyl (C=O) groups excluding carboxylic acids is 1. The number of aromatic nitrogens is 1. The molecule has 228 valence electrons. The highest BCUT2D eigenvalue weighted by atomic mass is 32.2. The van der Waals surface area contributed by atoms with Gasteiger partial charge in [-0.25, -0.2) is 17.2 Å². The van der Waals surface area contributed by atoms with Crippen molar-refractivity contribution in [2.45, 2.75) is 51.4 Å². The topological polar surface area (TPSA) is 94.6 Å². The van der Waals surface area contributed by atoms with Gasteiger partial charge in [-0.15, -0.1) is 0 Å². The van der Waals surface area contributed by atoms with Gasteiger partial charge in [-0.2, -0.15) is 0 Å². The molecule has 2 aromatic carbocycles. The molecule has 3 heterocycles. The molecule has 1 aliphatic carbocycles. The van der Waals surface area contributed by atoms with Crippen LogP contribution in [0, 0.1) is 5.41 Å². The molecular weight excluding hydrogens is 572 g/mol. The van der Waals surface area contributed by atoms with E-state index in [9.17, 15) is 22.0 Å². The van der Waals surface area contributed by atoms with Crippen LogP contribution >= 0.6 is 0 Å². The lowest BCUT2D eigenvalue weighted by Gasteiger charge is -2.35. The lowest BCUT2D eigenvalue weighted by molar-refractivity contribution is -0.0220. The number of piperidine rings is 2. The van der Waals surface area contributed by atoms with E-state index in [2.05, 4.69) is 19.9 Å². The molecule has 0 unspecified atom stereocenters. The Hall–Kier alpha value is -3.73. The normalized spacial score (nSPS) is 19.2. The molecular formula is C32H37F2N5O3S. The summed E-state index contributed by atoms with van der Waals surface area (Å²) in [7, 11) is -3.49. The van der Waals surface area contributed by atoms with Gasteiger partial charge in [-0.05, 0) is 86.6 Å². The van der Waals surface area contributed by atoms with Gasteiger partial charge >= 0.3 is 0 Å². The number of sulfonamides is 1. The van der Waals surface area contributed by atoms with Gasteiger partial charge in [0.25, 0.3) is 11.8 Å². The predicted molar refractivity (Wildman–Crippen MR) is 167 cm³/mol. The van der Waals surface area contributed by atoms with Crippen molar-refractivity contribution in [3.63, 3.8) is 0 Å². The molecule has 0 bridgehead atoms. The van der Waals surface area contributed by atoms with E-state index in [0.717, 1.165) is 42.9 Å². The zero-order chi connectivity index (χ0) is 30.2. The fourth-order valence-electron chi connectivity index (χ4n) is 6.08. The molecule has 8 nitrogen and oxygen atoms in total. The van der Waals surface area contributed by atoms with E-state index in [4.69, 9.17) is 0 Å². The summed E-state index contributed by atoms with van der Waals surface area (Å²) >= 11 is 0. The van der Waals surface area contributed by atoms with Crippen LogP contribution in [-0.2, 0) is 10.0 Å². The van der Waals surface area contributed by atoms with Gasteiger partial charge in [0.15, 0.2) is 0 Å². The number of amides is 1. The zero-order valence-corrected chi connectivity index (χ0v) is 25.1. The molecule has 2 aliphatic heterocycles. The zero-order valence-electron chi connectivity index (χ0n) is 24.3. The average Bonchev–Trinajstić information content (AvgIpc) is 3.76. The summed E-state index contributed by atoms with van der Waals surface area (Å²) in [6.07, 6.45) is 5.81. The summed E-state index contributed by atoms with van der Waals surface area (Å²) in [5.41, 5.74) is 4.79. The highest BCUT2D eigenvalue weighted by Crippen LogP contribution is 2.54. The first-order valence-electron chi connectivity index (χ1n) is 14.9. The fourth-order valence-corrected chi connectivity index (χ4v) is 6.71. The number of nitrogens with zero attached hydrogens (tertiary/aromatic N) is 3. The van der Waals surface area contributed by atoms with Crippen molar-refractivity contribution in [1.82, 2.24) is 4.98 Å². The Bertz CT molecular complexity index is 1590. The van der Waals surface area contributed by atoms with Crippen molar-refractivity contribution < 1.29 is 22.0 Å². The summed E-state index contributed by atoms with van der Waals surface area (Å²) < 4.78 is 55.2. The lowest BCUT2D eigenvalue weighted by Crippen LogP contribution is -2.39. The smallest absolute Gasteiger partial charge is 0.257 e. The molecule has 3 fully saturated rings. The van der Waals surface area contributed by atoms with Gasteiger partial charge in [-0.1, -0.05) is 6.07 Å². The van der Waals surface area contributed by atoms with Crippen LogP contribution in [0.25, 0.3) is 11.3 Å². The van der Waals surface area contributed by atoms with E-state index in [-0.39, 0.29) is 37.6 Å². The van der Waals surface area contributed by atoms with E-state index in [1.807, 2.05) is 35.2 Å². The average molecular weight is 610 g/mol. The molecule has 11 heteroatoms. The second-order valence-corrected chi connectivity index (χ2v) is 14.0. The Morgan fingerprint density at radius 1 is 0.860 bits per heavy atom. The number of anilines is 4. The van der Waals surface area contributed by atoms with Crippen molar-refractivity contribution in [1.29, 1.82) is 0 Å². The summed E-state index contributed by atoms with van der Waals surface area (Å²) in [6, 6.07) is 16.1. The summed E-state index contributed by atoms with van der Waals surface area (Å²) in [6.45, 7) is 3.56. The molecule has 1 saturated carbocycles. The van der Waals surface area contributed by atoms with Gasteiger partial charge in [0.1, 0.15) is 0 Å². The maximum Gasteiger partial charge on any atom is 0.257 e. The van der Waals surface area contributed by atoms with E-state index >= 15 is 0 Å². The Labute approximate surface area is 251 Å². The molecule has 1 aromatic heterocycles. The number of hydrogen-bond donors (Lipinski definition) is 2. The van der Waals surface area contributed by atoms with Crippen molar-refractivity contribution >= 4 is 38.7 Å². The first-order chi connectivity index (χ1) is 20.6. The van der Waals surface area contributed by atoms with Crippen LogP contribution in [0.3, 0.4) is 0 Å². The van der Waals surface area contributed by atoms with Gasteiger partial charge in [0.05, 0.1) is 28.4 Å². The highest BCUT2D eigenvalue weighted by molar-refractivity contribution is 7.92. The van der Waals surface area contributed by atoms with Crippen molar-refractivity contribution in [3.05, 3.63) is 66.4 Å². The van der Waals surface area contributed by atoms with Crippen molar-refractivity contribution in [2.24, 2.45) is 5.41 Å². The molecule has 0 atom stereocenters. The van der Waals surface area contributed by atoms with Gasteiger partial charge in [0.2, 0.25) is 10.0 Å². The Balaban J connectivity index is 1.30. The minimum Gasteiger partial charge on any atom is -0.371 e. The third-order valence-corrected chi connectivity index (χ3v) is 10.4. The second kappa shape index (κ2) is 11.4. The molecule has 2 saturated heterocycles. The molecule has 3 aromatic rings. The monoisotopic (exact) mass is 609 g/mol. The van der Waals surface area contributed by atoms with E-state index in [1.165, 1.54) is 12.8 Å². The van der Waals surface area contributed by atoms with Crippen LogP contribution in [0.2, 0.25) is 0 Å². The maximum absolute atomic E-state index is 14.0. The molecule has 2 N–H and O–H groups in total. The van der Waals surface area contributed by atoms with Gasteiger partial charge < -0.3 is 15.1 Å². The highest BCUT2D eigenvalue weighted by Gasteiger charge is 2.44. The summed E-state index contributed by atoms with van der Waals surface area (Å²) in [5, 5.41) is 3.02. The summed E-state index contributed by atoms with van der Waals surface area (Å²) in [5.74, 6) is -3.06. The van der Waals surface area contributed by atoms with E-state index < -0.39 is 15.9 Å². The number of rotatable bonds is 8. The number of hydrogen-bond acceptors (Lipinski definition) is 6. The quantitative estimate of drug-likeness (QED) is 0.308. The van der Waals surface area contributed by atoms with Gasteiger partial charge in [0, 0.05) is 62.2 Å². The van der Waals surface area contributed by atoms with Crippen molar-refractivity contribution in [2.75, 3.05) is 51.8 Å². The van der Waals surface area contributed by atoms with Crippen LogP contribution in [0.4, 0.5) is 31.5 Å². The SMILES string of the molecule is CCS(=O)(=O)Nc1ccc(C(=O)Nc2ccc(-c3ccccn3)c(N3CCC(F)(F)CC3)c2)c(N2CCC3(CC2)CC3)c1. The predicted octanol–water partition coefficient (Wildman–Crippen LogP) is 6.38. The third kappa shape index (κ3) is 6.61. The standard InChI is InChI=1S/C32H37F2N5O3S/c1-2-43(41,42)37-24-7-9-26(29(22-24)38-17-12-31(10-11-31)13-18-38)30(40)36-23-6-8-25(27-5-3-4-16-35-27)28(21-23)39-19-14-32(33,34)15-20-39/h3-9,16,21-22,37H,2,10-15,17-20H2,1H3,(H,36,40). The van der Waals surface area contributed by atoms with Crippen LogP contribution in [-0.4, -0.2) is 57.2 Å². The van der Waals surface area contributed by atoms with Crippen LogP contribution < -0.4 is 19.8 Å². The van der Waals surface area contributed by atoms with Crippen molar-refractivity contribution in [3.8, 4) is 11.3 Å². The Kier molecular flexibility index (Phi) is 7.78. The molecule has 6 rings (SSSR count). The first kappa shape index (κ1) is 29.3. The third-order valence-electron chi connectivity index (χ3n) is 9.05. The number of halogens is 2.